The summed E-state index contributed by atoms with van der Waals surface area (Å²) in [5.41, 5.74) is 6.30. The van der Waals surface area contributed by atoms with Crippen molar-refractivity contribution in [3.05, 3.63) is 0 Å². The third kappa shape index (κ3) is 4.18. The van der Waals surface area contributed by atoms with Gasteiger partial charge in [-0.05, 0) is 49.4 Å². The fourth-order valence-electron chi connectivity index (χ4n) is 6.68. The second-order valence-electron chi connectivity index (χ2n) is 9.47. The van der Waals surface area contributed by atoms with Gasteiger partial charge in [-0.1, -0.05) is 25.7 Å². The molecule has 3 aliphatic carbocycles. The lowest BCUT2D eigenvalue weighted by Crippen LogP contribution is -2.50. The van der Waals surface area contributed by atoms with E-state index in [4.69, 9.17) is 0 Å². The van der Waals surface area contributed by atoms with Crippen molar-refractivity contribution in [2.75, 3.05) is 26.2 Å². The van der Waals surface area contributed by atoms with Crippen LogP contribution in [0.4, 0.5) is 0 Å². The van der Waals surface area contributed by atoms with Crippen LogP contribution in [0.3, 0.4) is 0 Å². The second-order valence-corrected chi connectivity index (χ2v) is 9.47. The molecule has 2 heterocycles. The summed E-state index contributed by atoms with van der Waals surface area (Å²) >= 11 is 0. The number of nitrogens with zero attached hydrogens (tertiary/aromatic N) is 4. The number of fused-ring (bicyclic) bond motifs is 2. The topological polar surface area (TPSA) is 97.6 Å². The molecule has 8 heteroatoms. The Kier molecular flexibility index (Phi) is 6.18. The van der Waals surface area contributed by atoms with Crippen molar-refractivity contribution >= 4 is 24.3 Å². The highest BCUT2D eigenvalue weighted by atomic mass is 15.4. The van der Waals surface area contributed by atoms with Gasteiger partial charge in [-0.3, -0.25) is 0 Å². The van der Waals surface area contributed by atoms with E-state index in [-0.39, 0.29) is 0 Å². The van der Waals surface area contributed by atoms with Crippen LogP contribution in [-0.4, -0.2) is 50.5 Å². The number of hydrogen-bond acceptors (Lipinski definition) is 8. The van der Waals surface area contributed by atoms with Crippen LogP contribution in [0.25, 0.3) is 0 Å². The smallest absolute Gasteiger partial charge is 0.212 e. The van der Waals surface area contributed by atoms with Crippen molar-refractivity contribution in [3.63, 3.8) is 0 Å². The van der Waals surface area contributed by atoms with Crippen LogP contribution in [0.5, 0.6) is 0 Å². The zero-order valence-corrected chi connectivity index (χ0v) is 17.9. The molecule has 2 aliphatic heterocycles. The maximum absolute atomic E-state index is 4.66. The molecule has 0 radical (unpaired) electrons. The van der Waals surface area contributed by atoms with E-state index in [9.17, 15) is 0 Å². The highest BCUT2D eigenvalue weighted by Gasteiger charge is 2.50. The van der Waals surface area contributed by atoms with Gasteiger partial charge >= 0.3 is 0 Å². The first-order chi connectivity index (χ1) is 14.9. The van der Waals surface area contributed by atoms with Gasteiger partial charge in [0.25, 0.3) is 0 Å². The summed E-state index contributed by atoms with van der Waals surface area (Å²) in [6, 6.07) is 0. The summed E-state index contributed by atoms with van der Waals surface area (Å²) in [7, 11) is 0. The monoisotopic (exact) mass is 412 g/mol. The summed E-state index contributed by atoms with van der Waals surface area (Å²) in [4.78, 5) is 8.80. The molecule has 0 bridgehead atoms. The third-order valence-corrected chi connectivity index (χ3v) is 7.91. The van der Waals surface area contributed by atoms with Crippen molar-refractivity contribution in [2.24, 2.45) is 55.7 Å². The van der Waals surface area contributed by atoms with Crippen molar-refractivity contribution < 1.29 is 0 Å². The number of hydrogen-bond donors (Lipinski definition) is 4. The van der Waals surface area contributed by atoms with Gasteiger partial charge < -0.3 is 10.6 Å². The van der Waals surface area contributed by atoms with Gasteiger partial charge in [0.05, 0.1) is 13.1 Å². The Morgan fingerprint density at radius 3 is 1.40 bits per heavy atom. The molecular weight excluding hydrogens is 376 g/mol. The van der Waals surface area contributed by atoms with Crippen LogP contribution in [0.15, 0.2) is 20.2 Å². The summed E-state index contributed by atoms with van der Waals surface area (Å²) in [6.07, 6.45) is 15.2. The molecule has 0 amide bonds. The average Bonchev–Trinajstić information content (AvgIpc) is 3.49. The number of guanidine groups is 2. The predicted octanol–water partition coefficient (Wildman–Crippen LogP) is 1.91. The molecule has 0 aromatic rings. The van der Waals surface area contributed by atoms with Crippen LogP contribution >= 0.6 is 0 Å². The fourth-order valence-corrected chi connectivity index (χ4v) is 6.68. The van der Waals surface area contributed by atoms with Crippen LogP contribution < -0.4 is 21.5 Å². The minimum atomic E-state index is 0.577. The van der Waals surface area contributed by atoms with E-state index in [1.807, 2.05) is 0 Å². The van der Waals surface area contributed by atoms with Crippen LogP contribution in [-0.2, 0) is 0 Å². The van der Waals surface area contributed by atoms with Gasteiger partial charge in [0.15, 0.2) is 0 Å². The maximum atomic E-state index is 4.66. The SMILES string of the molecule is C(=NNC1=NCCN1)C1C2CCCCC2C(C=NNC2=NCCN2)C2CCCCC12. The van der Waals surface area contributed by atoms with Gasteiger partial charge in [0, 0.05) is 37.4 Å². The van der Waals surface area contributed by atoms with Gasteiger partial charge in [0.1, 0.15) is 0 Å². The van der Waals surface area contributed by atoms with E-state index in [1.54, 1.807) is 0 Å². The zero-order chi connectivity index (χ0) is 20.2. The lowest BCUT2D eigenvalue weighted by Gasteiger charge is -2.53. The summed E-state index contributed by atoms with van der Waals surface area (Å²) in [5.74, 6) is 5.69. The molecule has 5 aliphatic rings. The Hall–Kier alpha value is -2.12. The van der Waals surface area contributed by atoms with E-state index in [0.717, 1.165) is 61.8 Å². The standard InChI is InChI=1S/C22H36N8/c1-2-6-16-15(5-1)19(13-27-29-21-23-9-10-24-21)17-7-3-4-8-18(17)20(16)14-28-30-22-25-11-12-26-22/h13-20H,1-12H2,(H2,23,24,29)(H2,25,26,30). The Bertz CT molecular complexity index is 630. The van der Waals surface area contributed by atoms with Crippen molar-refractivity contribution in [3.8, 4) is 0 Å². The van der Waals surface area contributed by atoms with Gasteiger partial charge in [-0.2, -0.15) is 10.2 Å². The maximum Gasteiger partial charge on any atom is 0.212 e. The second kappa shape index (κ2) is 9.35. The molecule has 5 rings (SSSR count). The first kappa shape index (κ1) is 19.8. The third-order valence-electron chi connectivity index (χ3n) is 7.91. The molecule has 3 fully saturated rings. The highest BCUT2D eigenvalue weighted by molar-refractivity contribution is 5.82. The summed E-state index contributed by atoms with van der Waals surface area (Å²) in [6.45, 7) is 3.50. The number of hydrazone groups is 2. The van der Waals surface area contributed by atoms with Crippen LogP contribution in [0.1, 0.15) is 51.4 Å². The van der Waals surface area contributed by atoms with Crippen LogP contribution in [0, 0.1) is 35.5 Å². The predicted molar refractivity (Wildman–Crippen MR) is 122 cm³/mol. The number of aliphatic imine (C=N–C) groups is 2. The van der Waals surface area contributed by atoms with Crippen molar-refractivity contribution in [1.82, 2.24) is 21.5 Å². The number of nitrogens with one attached hydrogen (secondary N) is 4. The Balaban J connectivity index is 1.33. The molecule has 30 heavy (non-hydrogen) atoms. The Morgan fingerprint density at radius 2 is 1.07 bits per heavy atom. The van der Waals surface area contributed by atoms with E-state index >= 15 is 0 Å². The number of rotatable bonds is 4. The van der Waals surface area contributed by atoms with Gasteiger partial charge in [-0.25, -0.2) is 20.8 Å². The van der Waals surface area contributed by atoms with E-state index in [0.29, 0.717) is 11.8 Å². The van der Waals surface area contributed by atoms with E-state index < -0.39 is 0 Å². The molecule has 4 N–H and O–H groups in total. The molecule has 0 saturated heterocycles. The molecule has 0 aromatic carbocycles. The lowest BCUT2D eigenvalue weighted by molar-refractivity contribution is -0.00455. The van der Waals surface area contributed by atoms with E-state index in [1.165, 1.54) is 51.4 Å². The van der Waals surface area contributed by atoms with Crippen molar-refractivity contribution in [1.29, 1.82) is 0 Å². The average molecular weight is 413 g/mol. The molecule has 0 spiro atoms. The quantitative estimate of drug-likeness (QED) is 0.419. The van der Waals surface area contributed by atoms with E-state index in [2.05, 4.69) is 54.1 Å². The van der Waals surface area contributed by atoms with Gasteiger partial charge in [-0.15, -0.1) is 0 Å². The minimum Gasteiger partial charge on any atom is -0.353 e. The molecule has 4 unspecified atom stereocenters. The molecule has 3 saturated carbocycles. The Morgan fingerprint density at radius 1 is 0.667 bits per heavy atom. The zero-order valence-electron chi connectivity index (χ0n) is 17.9. The van der Waals surface area contributed by atoms with Crippen LogP contribution in [0.2, 0.25) is 0 Å². The highest BCUT2D eigenvalue weighted by Crippen LogP contribution is 2.54. The molecule has 164 valence electrons. The largest absolute Gasteiger partial charge is 0.353 e. The first-order valence-electron chi connectivity index (χ1n) is 12.1. The fraction of sp³-hybridized carbons (Fsp3) is 0.818. The molecule has 4 atom stereocenters. The molecule has 8 nitrogen and oxygen atoms in total. The normalized spacial score (nSPS) is 38.4. The Labute approximate surface area is 179 Å². The summed E-state index contributed by atoms with van der Waals surface area (Å²) in [5, 5.41) is 15.8. The van der Waals surface area contributed by atoms with Crippen molar-refractivity contribution in [2.45, 2.75) is 51.4 Å². The summed E-state index contributed by atoms with van der Waals surface area (Å²) < 4.78 is 0. The minimum absolute atomic E-state index is 0.577. The lowest BCUT2D eigenvalue weighted by atomic mass is 9.51. The molecular formula is C22H36N8. The first-order valence-corrected chi connectivity index (χ1v) is 12.1. The van der Waals surface area contributed by atoms with Gasteiger partial charge in [0.2, 0.25) is 11.9 Å². The molecule has 0 aromatic heterocycles.